The first-order valence-electron chi connectivity index (χ1n) is 42.6. The number of hydrogen-bond donors (Lipinski definition) is 3. The van der Waals surface area contributed by atoms with Crippen LogP contribution in [0.4, 0.5) is 0 Å². The second-order valence-corrected chi connectivity index (χ2v) is 32.9. The van der Waals surface area contributed by atoms with Crippen LogP contribution in [-0.2, 0) is 65.4 Å². The summed E-state index contributed by atoms with van der Waals surface area (Å²) >= 11 is 0. The van der Waals surface area contributed by atoms with E-state index in [1.807, 2.05) is 0 Å². The van der Waals surface area contributed by atoms with Crippen LogP contribution in [0, 0.1) is 11.8 Å². The lowest BCUT2D eigenvalue weighted by molar-refractivity contribution is -0.161. The van der Waals surface area contributed by atoms with Gasteiger partial charge < -0.3 is 33.8 Å². The highest BCUT2D eigenvalue weighted by Crippen LogP contribution is 2.45. The lowest BCUT2D eigenvalue weighted by Crippen LogP contribution is -2.30. The minimum absolute atomic E-state index is 0.103. The summed E-state index contributed by atoms with van der Waals surface area (Å²) in [6.45, 7) is 9.62. The number of phosphoric ester groups is 2. The summed E-state index contributed by atoms with van der Waals surface area (Å²) in [6, 6.07) is 0. The van der Waals surface area contributed by atoms with Gasteiger partial charge in [0.05, 0.1) is 26.4 Å². The summed E-state index contributed by atoms with van der Waals surface area (Å²) in [7, 11) is -9.91. The molecule has 0 aliphatic carbocycles. The summed E-state index contributed by atoms with van der Waals surface area (Å²) in [5.74, 6) is -0.524. The van der Waals surface area contributed by atoms with E-state index in [0.717, 1.165) is 108 Å². The van der Waals surface area contributed by atoms with E-state index in [2.05, 4.69) is 41.5 Å². The number of hydrogen-bond acceptors (Lipinski definition) is 15. The Morgan fingerprint density at radius 3 is 0.703 bits per heavy atom. The molecule has 0 fully saturated rings. The molecule has 0 heterocycles. The molecule has 4 unspecified atom stereocenters. The maximum absolute atomic E-state index is 13.1. The molecule has 0 rings (SSSR count). The zero-order valence-electron chi connectivity index (χ0n) is 66.2. The molecule has 0 radical (unpaired) electrons. The summed E-state index contributed by atoms with van der Waals surface area (Å²) in [6.07, 6.45) is 64.2. The van der Waals surface area contributed by atoms with Crippen LogP contribution < -0.4 is 0 Å². The normalized spacial score (nSPS) is 14.4. The third-order valence-electron chi connectivity index (χ3n) is 19.9. The van der Waals surface area contributed by atoms with Crippen LogP contribution in [0.1, 0.15) is 433 Å². The molecule has 7 atom stereocenters. The molecule has 0 saturated carbocycles. The fourth-order valence-corrected chi connectivity index (χ4v) is 14.2. The van der Waals surface area contributed by atoms with E-state index in [9.17, 15) is 43.2 Å². The first-order valence-corrected chi connectivity index (χ1v) is 45.6. The summed E-state index contributed by atoms with van der Waals surface area (Å²) in [5, 5.41) is 10.6. The van der Waals surface area contributed by atoms with Gasteiger partial charge in [-0.2, -0.15) is 0 Å². The van der Waals surface area contributed by atoms with Crippen LogP contribution in [0.3, 0.4) is 0 Å². The molecule has 0 aromatic heterocycles. The fourth-order valence-electron chi connectivity index (χ4n) is 12.6. The van der Waals surface area contributed by atoms with Crippen molar-refractivity contribution in [1.82, 2.24) is 0 Å². The second kappa shape index (κ2) is 73.6. The van der Waals surface area contributed by atoms with Gasteiger partial charge in [0.25, 0.3) is 0 Å². The van der Waals surface area contributed by atoms with Crippen LogP contribution in [0.25, 0.3) is 0 Å². The van der Waals surface area contributed by atoms with Crippen LogP contribution >= 0.6 is 15.6 Å². The van der Waals surface area contributed by atoms with Gasteiger partial charge in [0.2, 0.25) is 0 Å². The molecule has 0 saturated heterocycles. The van der Waals surface area contributed by atoms with Gasteiger partial charge in [-0.15, -0.1) is 0 Å². The van der Waals surface area contributed by atoms with Gasteiger partial charge in [-0.3, -0.25) is 37.3 Å². The molecule has 0 spiro atoms. The summed E-state index contributed by atoms with van der Waals surface area (Å²) in [5.41, 5.74) is 0. The lowest BCUT2D eigenvalue weighted by atomic mass is 9.99. The molecule has 101 heavy (non-hydrogen) atoms. The molecule has 0 aromatic carbocycles. The molecule has 0 bridgehead atoms. The quantitative estimate of drug-likeness (QED) is 0.0222. The molecule has 0 aliphatic rings. The Hall–Kier alpha value is -1.94. The summed E-state index contributed by atoms with van der Waals surface area (Å²) in [4.78, 5) is 72.9. The molecule has 0 aliphatic heterocycles. The Kier molecular flexibility index (Phi) is 72.2. The predicted molar refractivity (Wildman–Crippen MR) is 414 cm³/mol. The van der Waals surface area contributed by atoms with Crippen LogP contribution in [-0.4, -0.2) is 96.7 Å². The fraction of sp³-hybridized carbons (Fsp3) is 0.951. The van der Waals surface area contributed by atoms with Crippen molar-refractivity contribution in [3.05, 3.63) is 0 Å². The zero-order chi connectivity index (χ0) is 74.2. The van der Waals surface area contributed by atoms with Crippen molar-refractivity contribution < 1.29 is 80.2 Å². The number of rotatable bonds is 81. The van der Waals surface area contributed by atoms with Gasteiger partial charge in [-0.05, 0) is 37.5 Å². The number of carbonyl (C=O) groups is 4. The largest absolute Gasteiger partial charge is 0.472 e. The Morgan fingerprint density at radius 2 is 0.475 bits per heavy atom. The van der Waals surface area contributed by atoms with Crippen molar-refractivity contribution in [3.63, 3.8) is 0 Å². The van der Waals surface area contributed by atoms with Crippen LogP contribution in [0.2, 0.25) is 0 Å². The SMILES string of the molecule is CCCCCCCCCCCCCCCCCCCCCCCC(=O)OC[C@H](COP(=O)(O)OC[C@@H](O)COP(=O)(O)OC[C@@H](COC(=O)CCCCCCCCCC)OC(=O)CCCCCCCCC(C)CC)OC(=O)CCCCCCCCCCCCCCCCCCCCC(C)CC. The molecule has 3 N–H and O–H groups in total. The first kappa shape index (κ1) is 99.1. The highest BCUT2D eigenvalue weighted by Gasteiger charge is 2.30. The smallest absolute Gasteiger partial charge is 0.462 e. The van der Waals surface area contributed by atoms with Crippen molar-refractivity contribution in [2.75, 3.05) is 39.6 Å². The molecule has 0 amide bonds. The lowest BCUT2D eigenvalue weighted by Gasteiger charge is -2.21. The van der Waals surface area contributed by atoms with Crippen molar-refractivity contribution in [3.8, 4) is 0 Å². The van der Waals surface area contributed by atoms with Crippen molar-refractivity contribution >= 4 is 39.5 Å². The molecule has 600 valence electrons. The number of unbranched alkanes of at least 4 members (excludes halogenated alkanes) is 49. The van der Waals surface area contributed by atoms with E-state index < -0.39 is 97.5 Å². The number of ether oxygens (including phenoxy) is 4. The number of esters is 4. The van der Waals surface area contributed by atoms with Gasteiger partial charge in [0, 0.05) is 25.7 Å². The molecule has 19 heteroatoms. The van der Waals surface area contributed by atoms with Gasteiger partial charge in [0.15, 0.2) is 12.2 Å². The minimum Gasteiger partial charge on any atom is -0.462 e. The van der Waals surface area contributed by atoms with Crippen LogP contribution in [0.5, 0.6) is 0 Å². The Morgan fingerprint density at radius 1 is 0.277 bits per heavy atom. The standard InChI is InChI=1S/C82H160O17P2/c1-7-11-13-15-17-19-20-21-22-23-24-25-26-30-33-36-39-42-46-53-59-65-80(85)93-70-77(98-81(86)66-60-54-47-43-40-37-34-31-28-27-29-32-35-38-41-44-50-56-62-74(5)9-3)72-96-100(88,89)94-68-76(83)69-95-101(90,91)97-73-78(71-92-79(84)64-58-52-45-18-16-14-12-8-2)99-82(87)67-61-55-49-48-51-57-63-75(6)10-4/h74-78,83H,7-73H2,1-6H3,(H,88,89)(H,90,91)/t74?,75?,76-,77-,78-/m1/s1. The Bertz CT molecular complexity index is 1950. The molecular weight excluding hydrogens is 1320 g/mol. The van der Waals surface area contributed by atoms with E-state index >= 15 is 0 Å². The van der Waals surface area contributed by atoms with Gasteiger partial charge in [-0.25, -0.2) is 9.13 Å². The number of aliphatic hydroxyl groups is 1. The highest BCUT2D eigenvalue weighted by molar-refractivity contribution is 7.47. The van der Waals surface area contributed by atoms with Gasteiger partial charge in [0.1, 0.15) is 19.3 Å². The van der Waals surface area contributed by atoms with Crippen molar-refractivity contribution in [2.45, 2.75) is 452 Å². The van der Waals surface area contributed by atoms with E-state index in [1.165, 1.54) is 244 Å². The van der Waals surface area contributed by atoms with E-state index in [0.29, 0.717) is 25.7 Å². The second-order valence-electron chi connectivity index (χ2n) is 30.0. The van der Waals surface area contributed by atoms with Crippen molar-refractivity contribution in [2.24, 2.45) is 11.8 Å². The van der Waals surface area contributed by atoms with E-state index in [-0.39, 0.29) is 25.7 Å². The zero-order valence-corrected chi connectivity index (χ0v) is 68.0. The third-order valence-corrected chi connectivity index (χ3v) is 21.8. The molecule has 0 aromatic rings. The Labute approximate surface area is 619 Å². The minimum atomic E-state index is -4.96. The van der Waals surface area contributed by atoms with E-state index in [1.54, 1.807) is 0 Å². The van der Waals surface area contributed by atoms with E-state index in [4.69, 9.17) is 37.0 Å². The highest BCUT2D eigenvalue weighted by atomic mass is 31.2. The average molecular weight is 1480 g/mol. The number of phosphoric acid groups is 2. The summed E-state index contributed by atoms with van der Waals surface area (Å²) < 4.78 is 68.6. The van der Waals surface area contributed by atoms with Crippen LogP contribution in [0.15, 0.2) is 0 Å². The molecule has 17 nitrogen and oxygen atoms in total. The topological polar surface area (TPSA) is 237 Å². The number of carbonyl (C=O) groups excluding carboxylic acids is 4. The molecular formula is C82H160O17P2. The predicted octanol–water partition coefficient (Wildman–Crippen LogP) is 24.7. The number of aliphatic hydroxyl groups excluding tert-OH is 1. The van der Waals surface area contributed by atoms with Gasteiger partial charge >= 0.3 is 39.5 Å². The van der Waals surface area contributed by atoms with Gasteiger partial charge in [-0.1, -0.05) is 382 Å². The maximum atomic E-state index is 13.1. The Balaban J connectivity index is 5.15. The maximum Gasteiger partial charge on any atom is 0.472 e. The third kappa shape index (κ3) is 73.4. The first-order chi connectivity index (χ1) is 48.9. The average Bonchev–Trinajstić information content (AvgIpc) is 0.940. The van der Waals surface area contributed by atoms with Crippen molar-refractivity contribution in [1.29, 1.82) is 0 Å². The monoisotopic (exact) mass is 1480 g/mol.